The molecule has 3 aliphatic rings. The van der Waals surface area contributed by atoms with Gasteiger partial charge in [-0.15, -0.1) is 0 Å². The molecule has 3 heterocycles. The Labute approximate surface area is 113 Å². The summed E-state index contributed by atoms with van der Waals surface area (Å²) in [6.45, 7) is 5.61. The lowest BCUT2D eigenvalue weighted by molar-refractivity contribution is -0.145. The molecule has 0 aromatic heterocycles. The predicted octanol–water partition coefficient (Wildman–Crippen LogP) is 2.03. The number of rotatable bonds is 2. The maximum Gasteiger partial charge on any atom is 0.231 e. The first-order chi connectivity index (χ1) is 9.33. The molecule has 0 unspecified atom stereocenters. The molecule has 1 aromatic rings. The molecular weight excluding hydrogens is 242 g/mol. The third-order valence-electron chi connectivity index (χ3n) is 4.40. The van der Waals surface area contributed by atoms with Gasteiger partial charge in [0, 0.05) is 18.5 Å². The summed E-state index contributed by atoms with van der Waals surface area (Å²) in [5, 5.41) is 0. The molecule has 3 aliphatic heterocycles. The Kier molecular flexibility index (Phi) is 2.67. The van der Waals surface area contributed by atoms with Gasteiger partial charge in [-0.3, -0.25) is 4.90 Å². The van der Waals surface area contributed by atoms with Crippen LogP contribution in [-0.2, 0) is 11.3 Å². The molecule has 0 radical (unpaired) electrons. The van der Waals surface area contributed by atoms with Crippen molar-refractivity contribution < 1.29 is 14.2 Å². The zero-order valence-electron chi connectivity index (χ0n) is 11.1. The highest BCUT2D eigenvalue weighted by atomic mass is 16.7. The fourth-order valence-electron chi connectivity index (χ4n) is 3.37. The van der Waals surface area contributed by atoms with E-state index in [-0.39, 0.29) is 0 Å². The Bertz CT molecular complexity index is 484. The van der Waals surface area contributed by atoms with Gasteiger partial charge in [0.25, 0.3) is 0 Å². The van der Waals surface area contributed by atoms with Gasteiger partial charge in [-0.1, -0.05) is 6.07 Å². The standard InChI is InChI=1S/C15H19NO3/c1-4-15(9-17-10-15)8-16(5-1)7-12-2-3-13-14(6-12)19-11-18-13/h2-3,6H,1,4-5,7-11H2. The topological polar surface area (TPSA) is 30.9 Å². The molecule has 0 N–H and O–H groups in total. The van der Waals surface area contributed by atoms with Crippen LogP contribution >= 0.6 is 0 Å². The van der Waals surface area contributed by atoms with Gasteiger partial charge < -0.3 is 14.2 Å². The number of piperidine rings is 1. The number of likely N-dealkylation sites (tertiary alicyclic amines) is 1. The van der Waals surface area contributed by atoms with E-state index in [0.717, 1.165) is 31.3 Å². The van der Waals surface area contributed by atoms with Crippen molar-refractivity contribution in [2.45, 2.75) is 19.4 Å². The molecule has 0 aliphatic carbocycles. The van der Waals surface area contributed by atoms with Gasteiger partial charge in [0.1, 0.15) is 0 Å². The molecule has 0 atom stereocenters. The van der Waals surface area contributed by atoms with Gasteiger partial charge in [0.05, 0.1) is 13.2 Å². The number of nitrogens with zero attached hydrogens (tertiary/aromatic N) is 1. The van der Waals surface area contributed by atoms with Gasteiger partial charge in [-0.05, 0) is 37.1 Å². The van der Waals surface area contributed by atoms with Crippen molar-refractivity contribution in [3.05, 3.63) is 23.8 Å². The first-order valence-electron chi connectivity index (χ1n) is 7.02. The molecule has 0 bridgehead atoms. The van der Waals surface area contributed by atoms with E-state index >= 15 is 0 Å². The highest BCUT2D eigenvalue weighted by molar-refractivity contribution is 5.44. The molecule has 2 fully saturated rings. The van der Waals surface area contributed by atoms with E-state index in [1.54, 1.807) is 0 Å². The molecule has 2 saturated heterocycles. The average molecular weight is 261 g/mol. The summed E-state index contributed by atoms with van der Waals surface area (Å²) in [6, 6.07) is 6.27. The van der Waals surface area contributed by atoms with Gasteiger partial charge in [-0.25, -0.2) is 0 Å². The van der Waals surface area contributed by atoms with Crippen LogP contribution in [0.2, 0.25) is 0 Å². The fraction of sp³-hybridized carbons (Fsp3) is 0.600. The van der Waals surface area contributed by atoms with E-state index in [0.29, 0.717) is 12.2 Å². The molecule has 4 heteroatoms. The highest BCUT2D eigenvalue weighted by Crippen LogP contribution is 2.38. The lowest BCUT2D eigenvalue weighted by Gasteiger charge is -2.48. The lowest BCUT2D eigenvalue weighted by Crippen LogP contribution is -2.53. The average Bonchev–Trinajstić information content (AvgIpc) is 2.85. The Morgan fingerprint density at radius 2 is 2.05 bits per heavy atom. The molecule has 19 heavy (non-hydrogen) atoms. The van der Waals surface area contributed by atoms with Crippen LogP contribution in [0.1, 0.15) is 18.4 Å². The summed E-state index contributed by atoms with van der Waals surface area (Å²) in [7, 11) is 0. The Balaban J connectivity index is 1.46. The minimum atomic E-state index is 0.350. The number of hydrogen-bond donors (Lipinski definition) is 0. The monoisotopic (exact) mass is 261 g/mol. The van der Waals surface area contributed by atoms with Crippen molar-refractivity contribution in [1.82, 2.24) is 4.90 Å². The molecule has 102 valence electrons. The minimum absolute atomic E-state index is 0.350. The summed E-state index contributed by atoms with van der Waals surface area (Å²) >= 11 is 0. The summed E-state index contributed by atoms with van der Waals surface area (Å²) < 4.78 is 16.2. The first-order valence-corrected chi connectivity index (χ1v) is 7.02. The first kappa shape index (κ1) is 11.6. The van der Waals surface area contributed by atoms with Crippen LogP contribution in [-0.4, -0.2) is 38.0 Å². The Hall–Kier alpha value is -1.26. The van der Waals surface area contributed by atoms with Crippen LogP contribution in [0.5, 0.6) is 11.5 Å². The van der Waals surface area contributed by atoms with E-state index in [4.69, 9.17) is 14.2 Å². The van der Waals surface area contributed by atoms with E-state index in [9.17, 15) is 0 Å². The molecule has 0 amide bonds. The zero-order valence-corrected chi connectivity index (χ0v) is 11.1. The Morgan fingerprint density at radius 3 is 2.89 bits per heavy atom. The number of hydrogen-bond acceptors (Lipinski definition) is 4. The van der Waals surface area contributed by atoms with Gasteiger partial charge >= 0.3 is 0 Å². The summed E-state index contributed by atoms with van der Waals surface area (Å²) in [6.07, 6.45) is 2.61. The minimum Gasteiger partial charge on any atom is -0.454 e. The number of benzene rings is 1. The second kappa shape index (κ2) is 4.39. The predicted molar refractivity (Wildman–Crippen MR) is 70.3 cm³/mol. The molecule has 1 spiro atoms. The molecule has 1 aromatic carbocycles. The van der Waals surface area contributed by atoms with E-state index in [1.165, 1.54) is 31.5 Å². The maximum absolute atomic E-state index is 5.44. The molecule has 0 saturated carbocycles. The highest BCUT2D eigenvalue weighted by Gasteiger charge is 2.41. The second-order valence-electron chi connectivity index (χ2n) is 5.99. The van der Waals surface area contributed by atoms with Crippen LogP contribution in [0, 0.1) is 5.41 Å². The SMILES string of the molecule is c1cc2c(cc1CN1CCCC3(COC3)C1)OCO2. The largest absolute Gasteiger partial charge is 0.454 e. The van der Waals surface area contributed by atoms with Crippen molar-refractivity contribution >= 4 is 0 Å². The number of fused-ring (bicyclic) bond motifs is 1. The summed E-state index contributed by atoms with van der Waals surface area (Å²) in [5.74, 6) is 1.75. The summed E-state index contributed by atoms with van der Waals surface area (Å²) in [4.78, 5) is 2.55. The van der Waals surface area contributed by atoms with Crippen molar-refractivity contribution in [1.29, 1.82) is 0 Å². The van der Waals surface area contributed by atoms with Gasteiger partial charge in [0.2, 0.25) is 6.79 Å². The van der Waals surface area contributed by atoms with Crippen molar-refractivity contribution in [3.8, 4) is 11.5 Å². The van der Waals surface area contributed by atoms with Gasteiger partial charge in [0.15, 0.2) is 11.5 Å². The third kappa shape index (κ3) is 2.09. The summed E-state index contributed by atoms with van der Waals surface area (Å²) in [5.41, 5.74) is 1.76. The molecule has 4 rings (SSSR count). The smallest absolute Gasteiger partial charge is 0.231 e. The van der Waals surface area contributed by atoms with E-state index in [1.807, 2.05) is 6.07 Å². The Morgan fingerprint density at radius 1 is 1.16 bits per heavy atom. The van der Waals surface area contributed by atoms with E-state index in [2.05, 4.69) is 17.0 Å². The molecule has 4 nitrogen and oxygen atoms in total. The fourth-order valence-corrected chi connectivity index (χ4v) is 3.37. The van der Waals surface area contributed by atoms with Crippen molar-refractivity contribution in [3.63, 3.8) is 0 Å². The lowest BCUT2D eigenvalue weighted by atomic mass is 9.78. The second-order valence-corrected chi connectivity index (χ2v) is 5.99. The number of ether oxygens (including phenoxy) is 3. The van der Waals surface area contributed by atoms with Crippen LogP contribution in [0.3, 0.4) is 0 Å². The quantitative estimate of drug-likeness (QED) is 0.815. The third-order valence-corrected chi connectivity index (χ3v) is 4.40. The zero-order chi connectivity index (χ0) is 12.7. The normalized spacial score (nSPS) is 24.4. The van der Waals surface area contributed by atoms with Crippen molar-refractivity contribution in [2.75, 3.05) is 33.1 Å². The van der Waals surface area contributed by atoms with E-state index < -0.39 is 0 Å². The van der Waals surface area contributed by atoms with Crippen LogP contribution in [0.4, 0.5) is 0 Å². The van der Waals surface area contributed by atoms with Crippen LogP contribution < -0.4 is 9.47 Å². The van der Waals surface area contributed by atoms with Crippen molar-refractivity contribution in [2.24, 2.45) is 5.41 Å². The van der Waals surface area contributed by atoms with Gasteiger partial charge in [-0.2, -0.15) is 0 Å². The molecular formula is C15H19NO3. The maximum atomic E-state index is 5.44. The van der Waals surface area contributed by atoms with Crippen LogP contribution in [0.25, 0.3) is 0 Å². The van der Waals surface area contributed by atoms with Crippen LogP contribution in [0.15, 0.2) is 18.2 Å².